The quantitative estimate of drug-likeness (QED) is 0.775. The Balaban J connectivity index is 1.92. The smallest absolute Gasteiger partial charge is 0.265 e. The summed E-state index contributed by atoms with van der Waals surface area (Å²) in [7, 11) is 5.07. The summed E-state index contributed by atoms with van der Waals surface area (Å²) in [6.45, 7) is 1.69. The van der Waals surface area contributed by atoms with Crippen LogP contribution in [0.4, 0.5) is 5.69 Å². The third-order valence-electron chi connectivity index (χ3n) is 4.06. The van der Waals surface area contributed by atoms with E-state index in [0.29, 0.717) is 24.3 Å². The average molecular weight is 370 g/mol. The van der Waals surface area contributed by atoms with E-state index in [9.17, 15) is 9.59 Å². The van der Waals surface area contributed by atoms with Crippen molar-refractivity contribution in [1.82, 2.24) is 4.90 Å². The molecular formula is C21H26N2O4. The molecule has 0 radical (unpaired) electrons. The molecule has 27 heavy (non-hydrogen) atoms. The highest BCUT2D eigenvalue weighted by atomic mass is 16.5. The van der Waals surface area contributed by atoms with Crippen LogP contribution in [0.15, 0.2) is 48.5 Å². The molecule has 6 nitrogen and oxygen atoms in total. The number of rotatable bonds is 8. The molecule has 0 spiro atoms. The van der Waals surface area contributed by atoms with Crippen LogP contribution in [-0.2, 0) is 16.0 Å². The SMILES string of the molecule is COc1ccc(OC(C)C(=O)Nc2cccc(CCC(=O)N(C)C)c2)cc1. The minimum atomic E-state index is -0.655. The van der Waals surface area contributed by atoms with Crippen LogP contribution in [0.2, 0.25) is 0 Å². The summed E-state index contributed by atoms with van der Waals surface area (Å²) in [6.07, 6.45) is 0.400. The molecule has 0 bridgehead atoms. The average Bonchev–Trinajstić information content (AvgIpc) is 2.66. The van der Waals surface area contributed by atoms with Crippen molar-refractivity contribution in [3.05, 3.63) is 54.1 Å². The fourth-order valence-corrected chi connectivity index (χ4v) is 2.44. The van der Waals surface area contributed by atoms with Gasteiger partial charge >= 0.3 is 0 Å². The van der Waals surface area contributed by atoms with Crippen molar-refractivity contribution in [3.63, 3.8) is 0 Å². The summed E-state index contributed by atoms with van der Waals surface area (Å²) in [5, 5.41) is 2.85. The second-order valence-electron chi connectivity index (χ2n) is 6.41. The Morgan fingerprint density at radius 1 is 1.07 bits per heavy atom. The number of carbonyl (C=O) groups is 2. The number of carbonyl (C=O) groups excluding carboxylic acids is 2. The van der Waals surface area contributed by atoms with Crippen LogP contribution in [0, 0.1) is 0 Å². The molecule has 1 atom stereocenters. The molecule has 0 saturated carbocycles. The zero-order chi connectivity index (χ0) is 19.8. The summed E-state index contributed by atoms with van der Waals surface area (Å²) >= 11 is 0. The van der Waals surface area contributed by atoms with Crippen LogP contribution < -0.4 is 14.8 Å². The number of hydrogen-bond acceptors (Lipinski definition) is 4. The third-order valence-corrected chi connectivity index (χ3v) is 4.06. The molecule has 2 aromatic carbocycles. The Bertz CT molecular complexity index is 772. The molecule has 2 aromatic rings. The lowest BCUT2D eigenvalue weighted by molar-refractivity contribution is -0.128. The van der Waals surface area contributed by atoms with Crippen LogP contribution in [0.5, 0.6) is 11.5 Å². The Morgan fingerprint density at radius 3 is 2.37 bits per heavy atom. The van der Waals surface area contributed by atoms with E-state index in [0.717, 1.165) is 11.3 Å². The molecule has 0 aromatic heterocycles. The van der Waals surface area contributed by atoms with Gasteiger partial charge in [0.1, 0.15) is 11.5 Å². The van der Waals surface area contributed by atoms with E-state index in [4.69, 9.17) is 9.47 Å². The van der Waals surface area contributed by atoms with Gasteiger partial charge in [-0.05, 0) is 55.3 Å². The molecule has 0 saturated heterocycles. The van der Waals surface area contributed by atoms with Gasteiger partial charge in [-0.1, -0.05) is 12.1 Å². The van der Waals surface area contributed by atoms with Crippen molar-refractivity contribution in [2.45, 2.75) is 25.9 Å². The number of methoxy groups -OCH3 is 1. The number of hydrogen-bond donors (Lipinski definition) is 1. The maximum absolute atomic E-state index is 12.4. The lowest BCUT2D eigenvalue weighted by Crippen LogP contribution is -2.30. The van der Waals surface area contributed by atoms with Crippen molar-refractivity contribution in [2.75, 3.05) is 26.5 Å². The molecule has 144 valence electrons. The van der Waals surface area contributed by atoms with Crippen LogP contribution in [0.3, 0.4) is 0 Å². The first-order chi connectivity index (χ1) is 12.9. The van der Waals surface area contributed by atoms with Crippen molar-refractivity contribution in [1.29, 1.82) is 0 Å². The zero-order valence-electron chi connectivity index (χ0n) is 16.2. The number of amides is 2. The molecule has 2 rings (SSSR count). The maximum atomic E-state index is 12.4. The van der Waals surface area contributed by atoms with Gasteiger partial charge in [0.15, 0.2) is 6.10 Å². The van der Waals surface area contributed by atoms with E-state index in [1.165, 1.54) is 0 Å². The first kappa shape index (κ1) is 20.3. The van der Waals surface area contributed by atoms with Gasteiger partial charge in [0.05, 0.1) is 7.11 Å². The van der Waals surface area contributed by atoms with Gasteiger partial charge in [-0.2, -0.15) is 0 Å². The molecular weight excluding hydrogens is 344 g/mol. The fraction of sp³-hybridized carbons (Fsp3) is 0.333. The summed E-state index contributed by atoms with van der Waals surface area (Å²) in [4.78, 5) is 25.7. The van der Waals surface area contributed by atoms with Crippen LogP contribution in [-0.4, -0.2) is 44.0 Å². The number of aryl methyl sites for hydroxylation is 1. The zero-order valence-corrected chi connectivity index (χ0v) is 16.2. The van der Waals surface area contributed by atoms with Crippen molar-refractivity contribution in [3.8, 4) is 11.5 Å². The van der Waals surface area contributed by atoms with E-state index >= 15 is 0 Å². The summed E-state index contributed by atoms with van der Waals surface area (Å²) < 4.78 is 10.8. The monoisotopic (exact) mass is 370 g/mol. The molecule has 0 fully saturated rings. The van der Waals surface area contributed by atoms with E-state index in [-0.39, 0.29) is 11.8 Å². The summed E-state index contributed by atoms with van der Waals surface area (Å²) in [5.41, 5.74) is 1.67. The summed E-state index contributed by atoms with van der Waals surface area (Å²) in [5.74, 6) is 1.15. The van der Waals surface area contributed by atoms with Crippen molar-refractivity contribution in [2.24, 2.45) is 0 Å². The number of ether oxygens (including phenoxy) is 2. The number of nitrogens with one attached hydrogen (secondary N) is 1. The van der Waals surface area contributed by atoms with Crippen LogP contribution >= 0.6 is 0 Å². The first-order valence-electron chi connectivity index (χ1n) is 8.79. The predicted molar refractivity (Wildman–Crippen MR) is 105 cm³/mol. The van der Waals surface area contributed by atoms with Crippen molar-refractivity contribution < 1.29 is 19.1 Å². The topological polar surface area (TPSA) is 67.9 Å². The van der Waals surface area contributed by atoms with E-state index < -0.39 is 6.10 Å². The lowest BCUT2D eigenvalue weighted by atomic mass is 10.1. The fourth-order valence-electron chi connectivity index (χ4n) is 2.44. The Morgan fingerprint density at radius 2 is 1.74 bits per heavy atom. The van der Waals surface area contributed by atoms with Gasteiger partial charge in [0.25, 0.3) is 5.91 Å². The normalized spacial score (nSPS) is 11.4. The van der Waals surface area contributed by atoms with Crippen molar-refractivity contribution >= 4 is 17.5 Å². The largest absolute Gasteiger partial charge is 0.497 e. The second-order valence-corrected chi connectivity index (χ2v) is 6.41. The molecule has 2 amide bonds. The standard InChI is InChI=1S/C21H26N2O4/c1-15(27-19-11-9-18(26-4)10-12-19)21(25)22-17-7-5-6-16(14-17)8-13-20(24)23(2)3/h5-7,9-12,14-15H,8,13H2,1-4H3,(H,22,25). The van der Waals surface area contributed by atoms with Crippen LogP contribution in [0.25, 0.3) is 0 Å². The molecule has 1 N–H and O–H groups in total. The maximum Gasteiger partial charge on any atom is 0.265 e. The van der Waals surface area contributed by atoms with Gasteiger partial charge in [0, 0.05) is 26.2 Å². The Hall–Kier alpha value is -3.02. The molecule has 6 heteroatoms. The Kier molecular flexibility index (Phi) is 7.23. The number of anilines is 1. The van der Waals surface area contributed by atoms with Gasteiger partial charge in [-0.25, -0.2) is 0 Å². The molecule has 0 aliphatic carbocycles. The predicted octanol–water partition coefficient (Wildman–Crippen LogP) is 3.12. The highest BCUT2D eigenvalue weighted by Gasteiger charge is 2.15. The minimum absolute atomic E-state index is 0.0750. The van der Waals surface area contributed by atoms with Gasteiger partial charge in [0.2, 0.25) is 5.91 Å². The van der Waals surface area contributed by atoms with Gasteiger partial charge in [-0.3, -0.25) is 9.59 Å². The molecule has 0 aliphatic rings. The van der Waals surface area contributed by atoms with Gasteiger partial charge in [-0.15, -0.1) is 0 Å². The third kappa shape index (κ3) is 6.33. The van der Waals surface area contributed by atoms with Crippen LogP contribution in [0.1, 0.15) is 18.9 Å². The van der Waals surface area contributed by atoms with E-state index in [2.05, 4.69) is 5.32 Å². The second kappa shape index (κ2) is 9.62. The minimum Gasteiger partial charge on any atom is -0.497 e. The highest BCUT2D eigenvalue weighted by molar-refractivity contribution is 5.94. The molecule has 0 aliphatic heterocycles. The first-order valence-corrected chi connectivity index (χ1v) is 8.79. The number of nitrogens with zero attached hydrogens (tertiary/aromatic N) is 1. The van der Waals surface area contributed by atoms with E-state index in [1.807, 2.05) is 24.3 Å². The van der Waals surface area contributed by atoms with E-state index in [1.54, 1.807) is 57.3 Å². The molecule has 0 heterocycles. The summed E-state index contributed by atoms with van der Waals surface area (Å²) in [6, 6.07) is 14.6. The van der Waals surface area contributed by atoms with Gasteiger partial charge < -0.3 is 19.7 Å². The number of benzene rings is 2. The lowest BCUT2D eigenvalue weighted by Gasteiger charge is -2.15. The Labute approximate surface area is 160 Å². The highest BCUT2D eigenvalue weighted by Crippen LogP contribution is 2.19. The molecule has 1 unspecified atom stereocenters.